The summed E-state index contributed by atoms with van der Waals surface area (Å²) in [5.41, 5.74) is 2.68. The summed E-state index contributed by atoms with van der Waals surface area (Å²) in [4.78, 5) is 2.16. The SMILES string of the molecule is CCc1cc2c(cc1OC(F)(F)F)CCN(C)C2. The molecule has 0 N–H and O–H groups in total. The summed E-state index contributed by atoms with van der Waals surface area (Å²) in [7, 11) is 2.01. The molecule has 0 unspecified atom stereocenters. The van der Waals surface area contributed by atoms with E-state index in [9.17, 15) is 13.2 Å². The highest BCUT2D eigenvalue weighted by molar-refractivity contribution is 5.44. The smallest absolute Gasteiger partial charge is 0.405 e. The third-order valence-corrected chi connectivity index (χ3v) is 3.19. The summed E-state index contributed by atoms with van der Waals surface area (Å²) in [6.07, 6.45) is -3.32. The summed E-state index contributed by atoms with van der Waals surface area (Å²) in [5.74, 6) is -0.0479. The molecular weight excluding hydrogens is 243 g/mol. The fraction of sp³-hybridized carbons (Fsp3) is 0.538. The Labute approximate surface area is 104 Å². The van der Waals surface area contributed by atoms with Crippen LogP contribution in [0.4, 0.5) is 13.2 Å². The van der Waals surface area contributed by atoms with E-state index in [-0.39, 0.29) is 5.75 Å². The first-order valence-corrected chi connectivity index (χ1v) is 5.98. The molecule has 0 bridgehead atoms. The quantitative estimate of drug-likeness (QED) is 0.809. The van der Waals surface area contributed by atoms with Gasteiger partial charge in [-0.05, 0) is 42.6 Å². The van der Waals surface area contributed by atoms with Crippen molar-refractivity contribution in [3.63, 3.8) is 0 Å². The van der Waals surface area contributed by atoms with Crippen LogP contribution in [0.2, 0.25) is 0 Å². The van der Waals surface area contributed by atoms with Gasteiger partial charge in [-0.25, -0.2) is 0 Å². The van der Waals surface area contributed by atoms with Crippen molar-refractivity contribution in [2.45, 2.75) is 32.7 Å². The molecule has 0 atom stereocenters. The van der Waals surface area contributed by atoms with Crippen molar-refractivity contribution in [2.75, 3.05) is 13.6 Å². The normalized spacial score (nSPS) is 16.5. The van der Waals surface area contributed by atoms with E-state index < -0.39 is 6.36 Å². The highest BCUT2D eigenvalue weighted by Crippen LogP contribution is 2.31. The van der Waals surface area contributed by atoms with Gasteiger partial charge in [-0.1, -0.05) is 13.0 Å². The van der Waals surface area contributed by atoms with Crippen molar-refractivity contribution in [1.29, 1.82) is 0 Å². The Balaban J connectivity index is 2.36. The molecule has 2 rings (SSSR count). The van der Waals surface area contributed by atoms with Gasteiger partial charge in [0.2, 0.25) is 0 Å². The lowest BCUT2D eigenvalue weighted by atomic mass is 9.96. The first kappa shape index (κ1) is 13.2. The molecule has 5 heteroatoms. The van der Waals surface area contributed by atoms with Crippen molar-refractivity contribution in [1.82, 2.24) is 4.90 Å². The lowest BCUT2D eigenvalue weighted by Crippen LogP contribution is -2.27. The van der Waals surface area contributed by atoms with Crippen LogP contribution in [0.3, 0.4) is 0 Å². The van der Waals surface area contributed by atoms with E-state index in [1.54, 1.807) is 6.07 Å². The van der Waals surface area contributed by atoms with Crippen LogP contribution in [0.15, 0.2) is 12.1 Å². The fourth-order valence-corrected chi connectivity index (χ4v) is 2.27. The molecule has 0 spiro atoms. The summed E-state index contributed by atoms with van der Waals surface area (Å²) in [6.45, 7) is 3.48. The predicted molar refractivity (Wildman–Crippen MR) is 62.5 cm³/mol. The van der Waals surface area contributed by atoms with Crippen molar-refractivity contribution in [3.8, 4) is 5.75 Å². The van der Waals surface area contributed by atoms with Gasteiger partial charge < -0.3 is 9.64 Å². The van der Waals surface area contributed by atoms with Crippen molar-refractivity contribution < 1.29 is 17.9 Å². The van der Waals surface area contributed by atoms with E-state index in [2.05, 4.69) is 9.64 Å². The molecule has 0 saturated heterocycles. The lowest BCUT2D eigenvalue weighted by Gasteiger charge is -2.26. The van der Waals surface area contributed by atoms with E-state index in [0.717, 1.165) is 30.6 Å². The number of ether oxygens (including phenoxy) is 1. The number of hydrogen-bond acceptors (Lipinski definition) is 2. The zero-order chi connectivity index (χ0) is 13.3. The number of aryl methyl sites for hydroxylation is 1. The third kappa shape index (κ3) is 2.96. The molecule has 1 aliphatic heterocycles. The molecular formula is C13H16F3NO. The van der Waals surface area contributed by atoms with Gasteiger partial charge in [0, 0.05) is 13.1 Å². The first-order chi connectivity index (χ1) is 8.39. The molecule has 1 heterocycles. The molecule has 0 aliphatic carbocycles. The number of fused-ring (bicyclic) bond motifs is 1. The molecule has 0 saturated carbocycles. The van der Waals surface area contributed by atoms with Crippen molar-refractivity contribution >= 4 is 0 Å². The van der Waals surface area contributed by atoms with E-state index in [1.807, 2.05) is 20.0 Å². The molecule has 2 nitrogen and oxygen atoms in total. The van der Waals surface area contributed by atoms with Crippen LogP contribution in [0.25, 0.3) is 0 Å². The van der Waals surface area contributed by atoms with Crippen molar-refractivity contribution in [3.05, 3.63) is 28.8 Å². The van der Waals surface area contributed by atoms with E-state index in [1.165, 1.54) is 0 Å². The third-order valence-electron chi connectivity index (χ3n) is 3.19. The zero-order valence-electron chi connectivity index (χ0n) is 10.5. The summed E-state index contributed by atoms with van der Waals surface area (Å²) >= 11 is 0. The maximum atomic E-state index is 12.3. The lowest BCUT2D eigenvalue weighted by molar-refractivity contribution is -0.274. The molecule has 18 heavy (non-hydrogen) atoms. The molecule has 0 aromatic heterocycles. The zero-order valence-corrected chi connectivity index (χ0v) is 10.5. The summed E-state index contributed by atoms with van der Waals surface area (Å²) in [5, 5.41) is 0. The van der Waals surface area contributed by atoms with E-state index in [0.29, 0.717) is 12.0 Å². The second-order valence-electron chi connectivity index (χ2n) is 4.62. The maximum absolute atomic E-state index is 12.3. The number of hydrogen-bond donors (Lipinski definition) is 0. The van der Waals surface area contributed by atoms with Crippen LogP contribution in [0.5, 0.6) is 5.75 Å². The highest BCUT2D eigenvalue weighted by Gasteiger charge is 2.32. The Kier molecular flexibility index (Phi) is 3.52. The fourth-order valence-electron chi connectivity index (χ4n) is 2.27. The topological polar surface area (TPSA) is 12.5 Å². The molecule has 0 fully saturated rings. The van der Waals surface area contributed by atoms with Gasteiger partial charge in [-0.3, -0.25) is 0 Å². The van der Waals surface area contributed by atoms with Gasteiger partial charge in [0.25, 0.3) is 0 Å². The van der Waals surface area contributed by atoms with E-state index >= 15 is 0 Å². The van der Waals surface area contributed by atoms with E-state index in [4.69, 9.17) is 0 Å². The van der Waals surface area contributed by atoms with Gasteiger partial charge in [-0.2, -0.15) is 0 Å². The Hall–Kier alpha value is -1.23. The van der Waals surface area contributed by atoms with Gasteiger partial charge >= 0.3 is 6.36 Å². The average Bonchev–Trinajstić information content (AvgIpc) is 2.26. The number of benzene rings is 1. The van der Waals surface area contributed by atoms with Gasteiger partial charge in [0.15, 0.2) is 0 Å². The number of alkyl halides is 3. The molecule has 0 amide bonds. The number of likely N-dealkylation sites (N-methyl/N-ethyl adjacent to an activating group) is 1. The Morgan fingerprint density at radius 2 is 2.00 bits per heavy atom. The molecule has 0 radical (unpaired) electrons. The highest BCUT2D eigenvalue weighted by atomic mass is 19.4. The Morgan fingerprint density at radius 3 is 2.61 bits per heavy atom. The number of rotatable bonds is 2. The summed E-state index contributed by atoms with van der Waals surface area (Å²) in [6, 6.07) is 3.39. The van der Waals surface area contributed by atoms with Crippen LogP contribution in [0, 0.1) is 0 Å². The van der Waals surface area contributed by atoms with Gasteiger partial charge in [-0.15, -0.1) is 13.2 Å². The second kappa shape index (κ2) is 4.80. The Morgan fingerprint density at radius 1 is 1.28 bits per heavy atom. The monoisotopic (exact) mass is 259 g/mol. The predicted octanol–water partition coefficient (Wildman–Crippen LogP) is 3.14. The van der Waals surface area contributed by atoms with Crippen LogP contribution >= 0.6 is 0 Å². The molecule has 1 aromatic rings. The second-order valence-corrected chi connectivity index (χ2v) is 4.62. The van der Waals surface area contributed by atoms with Crippen LogP contribution in [-0.4, -0.2) is 24.9 Å². The average molecular weight is 259 g/mol. The molecule has 1 aromatic carbocycles. The maximum Gasteiger partial charge on any atom is 0.573 e. The minimum atomic E-state index is -4.62. The van der Waals surface area contributed by atoms with Crippen LogP contribution in [-0.2, 0) is 19.4 Å². The van der Waals surface area contributed by atoms with Crippen LogP contribution < -0.4 is 4.74 Å². The minimum absolute atomic E-state index is 0.0479. The number of nitrogens with zero attached hydrogens (tertiary/aromatic N) is 1. The minimum Gasteiger partial charge on any atom is -0.405 e. The van der Waals surface area contributed by atoms with Gasteiger partial charge in [0.1, 0.15) is 5.75 Å². The molecule has 1 aliphatic rings. The standard InChI is InChI=1S/C13H16F3NO/c1-3-9-6-11-8-17(2)5-4-10(11)7-12(9)18-13(14,15)16/h6-7H,3-5,8H2,1-2H3. The first-order valence-electron chi connectivity index (χ1n) is 5.98. The van der Waals surface area contributed by atoms with Gasteiger partial charge in [0.05, 0.1) is 0 Å². The number of halogens is 3. The van der Waals surface area contributed by atoms with Crippen molar-refractivity contribution in [2.24, 2.45) is 0 Å². The summed E-state index contributed by atoms with van der Waals surface area (Å²) < 4.78 is 41.1. The Bertz CT molecular complexity index is 443. The molecule has 100 valence electrons. The largest absolute Gasteiger partial charge is 0.573 e. The van der Waals surface area contributed by atoms with Crippen LogP contribution in [0.1, 0.15) is 23.6 Å².